The maximum Gasteiger partial charge on any atom is 0.339 e. The lowest BCUT2D eigenvalue weighted by atomic mass is 9.85. The number of nitro groups is 1. The molecule has 2 aromatic rings. The first kappa shape index (κ1) is 23.0. The fourth-order valence-electron chi connectivity index (χ4n) is 4.03. The zero-order chi connectivity index (χ0) is 23.1. The lowest BCUT2D eigenvalue weighted by molar-refractivity contribution is -0.383. The molecular formula is C23H27ClN2O5. The summed E-state index contributed by atoms with van der Waals surface area (Å²) in [7, 11) is 1.28. The van der Waals surface area contributed by atoms with Crippen molar-refractivity contribution in [3.05, 3.63) is 55.7 Å². The van der Waals surface area contributed by atoms with Gasteiger partial charge in [-0.15, -0.1) is 0 Å². The van der Waals surface area contributed by atoms with Gasteiger partial charge < -0.3 is 14.5 Å². The predicted octanol–water partition coefficient (Wildman–Crippen LogP) is 6.02. The van der Waals surface area contributed by atoms with Crippen molar-refractivity contribution in [2.45, 2.75) is 59.2 Å². The molecule has 0 saturated heterocycles. The third-order valence-electron chi connectivity index (χ3n) is 5.24. The molecule has 31 heavy (non-hydrogen) atoms. The molecule has 0 radical (unpaired) electrons. The Bertz CT molecular complexity index is 1120. The van der Waals surface area contributed by atoms with Crippen molar-refractivity contribution in [1.82, 2.24) is 4.98 Å². The van der Waals surface area contributed by atoms with Gasteiger partial charge in [-0.2, -0.15) is 0 Å². The van der Waals surface area contributed by atoms with Crippen LogP contribution in [0.3, 0.4) is 0 Å². The minimum absolute atomic E-state index is 0.0711. The van der Waals surface area contributed by atoms with Gasteiger partial charge in [0.15, 0.2) is 6.10 Å². The Morgan fingerprint density at radius 2 is 1.94 bits per heavy atom. The molecule has 0 bridgehead atoms. The smallest absolute Gasteiger partial charge is 0.339 e. The first-order valence-corrected chi connectivity index (χ1v) is 10.4. The van der Waals surface area contributed by atoms with E-state index in [-0.39, 0.29) is 5.69 Å². The number of aryl methyl sites for hydroxylation is 1. The molecule has 0 spiro atoms. The van der Waals surface area contributed by atoms with Gasteiger partial charge in [0, 0.05) is 27.2 Å². The maximum absolute atomic E-state index is 12.9. The van der Waals surface area contributed by atoms with Crippen molar-refractivity contribution in [3.8, 4) is 0 Å². The van der Waals surface area contributed by atoms with E-state index in [1.807, 2.05) is 45.9 Å². The lowest BCUT2D eigenvalue weighted by Crippen LogP contribution is -2.29. The molecule has 1 aromatic heterocycles. The van der Waals surface area contributed by atoms with E-state index >= 15 is 0 Å². The number of hydrogen-bond donors (Lipinski definition) is 1. The number of rotatable bonds is 5. The molecule has 7 nitrogen and oxygen atoms in total. The van der Waals surface area contributed by atoms with Crippen LogP contribution in [0.4, 0.5) is 5.69 Å². The minimum Gasteiger partial charge on any atom is -0.467 e. The fraction of sp³-hybridized carbons (Fsp3) is 0.435. The monoisotopic (exact) mass is 446 g/mol. The first-order chi connectivity index (χ1) is 14.4. The van der Waals surface area contributed by atoms with Crippen LogP contribution in [0, 0.1) is 24.0 Å². The summed E-state index contributed by atoms with van der Waals surface area (Å²) in [5.41, 5.74) is 2.97. The van der Waals surface area contributed by atoms with Crippen LogP contribution in [0.1, 0.15) is 62.1 Å². The topological polar surface area (TPSA) is 94.5 Å². The Balaban J connectivity index is 2.47. The number of H-pyrrole nitrogens is 1. The van der Waals surface area contributed by atoms with Crippen molar-refractivity contribution < 1.29 is 19.2 Å². The third kappa shape index (κ3) is 4.52. The molecule has 0 unspecified atom stereocenters. The van der Waals surface area contributed by atoms with Crippen LogP contribution in [0.2, 0.25) is 0 Å². The highest BCUT2D eigenvalue weighted by Gasteiger charge is 2.37. The average molecular weight is 447 g/mol. The van der Waals surface area contributed by atoms with Gasteiger partial charge in [-0.25, -0.2) is 4.79 Å². The number of carbonyl (C=O) groups excluding carboxylic acids is 1. The Morgan fingerprint density at radius 3 is 2.45 bits per heavy atom. The number of halogens is 1. The molecule has 1 atom stereocenters. The summed E-state index contributed by atoms with van der Waals surface area (Å²) in [4.78, 5) is 27.6. The van der Waals surface area contributed by atoms with Gasteiger partial charge in [0.2, 0.25) is 0 Å². The van der Waals surface area contributed by atoms with Crippen LogP contribution in [-0.4, -0.2) is 28.6 Å². The molecule has 0 saturated carbocycles. The van der Waals surface area contributed by atoms with E-state index in [1.165, 1.54) is 7.11 Å². The maximum atomic E-state index is 12.9. The number of carbonyl (C=O) groups is 1. The molecule has 3 rings (SSSR count). The second-order valence-electron chi connectivity index (χ2n) is 8.70. The Kier molecular flexibility index (Phi) is 6.30. The van der Waals surface area contributed by atoms with Crippen molar-refractivity contribution in [2.24, 2.45) is 0 Å². The Morgan fingerprint density at radius 1 is 1.26 bits per heavy atom. The van der Waals surface area contributed by atoms with Gasteiger partial charge in [0.05, 0.1) is 17.6 Å². The second-order valence-corrected chi connectivity index (χ2v) is 9.18. The lowest BCUT2D eigenvalue weighted by Gasteiger charge is -2.29. The summed E-state index contributed by atoms with van der Waals surface area (Å²) >= 11 is 6.17. The van der Waals surface area contributed by atoms with Crippen LogP contribution in [0.5, 0.6) is 0 Å². The average Bonchev–Trinajstić information content (AvgIpc) is 3.05. The van der Waals surface area contributed by atoms with Crippen molar-refractivity contribution >= 4 is 39.7 Å². The quantitative estimate of drug-likeness (QED) is 0.344. The fourth-order valence-corrected chi connectivity index (χ4v) is 4.19. The number of esters is 1. The number of nitro benzene ring substituents is 1. The number of methoxy groups -OCH3 is 1. The summed E-state index contributed by atoms with van der Waals surface area (Å²) in [6.45, 7) is 8.98. The molecule has 0 aliphatic heterocycles. The van der Waals surface area contributed by atoms with Gasteiger partial charge in [0.25, 0.3) is 5.69 Å². The number of nitrogens with one attached hydrogen (secondary N) is 1. The highest BCUT2D eigenvalue weighted by molar-refractivity contribution is 6.30. The standard InChI is InChI=1S/C23H27ClN2O5/c1-12-11-16-18(14-7-9-15(24)10-8-14)17(13(2)20(26(28)29)19(16)25-12)21(22(27)30-6)31-23(3,4)5/h7,9,11,21,25H,8,10H2,1-6H3/t21-/m0/s1. The van der Waals surface area contributed by atoms with Crippen LogP contribution in [-0.2, 0) is 14.3 Å². The number of fused-ring (bicyclic) bond motifs is 1. The van der Waals surface area contributed by atoms with Gasteiger partial charge in [-0.3, -0.25) is 10.1 Å². The molecule has 1 aromatic carbocycles. The molecule has 0 amide bonds. The van der Waals surface area contributed by atoms with E-state index in [2.05, 4.69) is 4.98 Å². The number of allylic oxidation sites excluding steroid dienone is 4. The van der Waals surface area contributed by atoms with Crippen LogP contribution >= 0.6 is 11.6 Å². The highest BCUT2D eigenvalue weighted by atomic mass is 35.5. The van der Waals surface area contributed by atoms with E-state index < -0.39 is 22.6 Å². The van der Waals surface area contributed by atoms with E-state index in [4.69, 9.17) is 21.1 Å². The normalized spacial score (nSPS) is 15.5. The van der Waals surface area contributed by atoms with Gasteiger partial charge in [0.1, 0.15) is 5.52 Å². The van der Waals surface area contributed by atoms with Crippen molar-refractivity contribution in [2.75, 3.05) is 7.11 Å². The number of benzene rings is 1. The second kappa shape index (κ2) is 8.48. The molecule has 0 fully saturated rings. The van der Waals surface area contributed by atoms with E-state index in [0.29, 0.717) is 34.9 Å². The third-order valence-corrected chi connectivity index (χ3v) is 5.55. The molecule has 1 aliphatic rings. The van der Waals surface area contributed by atoms with E-state index in [9.17, 15) is 14.9 Å². The van der Waals surface area contributed by atoms with Gasteiger partial charge in [-0.05, 0) is 70.7 Å². The zero-order valence-electron chi connectivity index (χ0n) is 18.6. The van der Waals surface area contributed by atoms with Gasteiger partial charge >= 0.3 is 5.97 Å². The Labute approximate surface area is 186 Å². The number of nitrogens with zero attached hydrogens (tertiary/aromatic N) is 1. The molecular weight excluding hydrogens is 420 g/mol. The number of hydrogen-bond acceptors (Lipinski definition) is 5. The molecule has 166 valence electrons. The minimum atomic E-state index is -1.12. The van der Waals surface area contributed by atoms with Crippen molar-refractivity contribution in [1.29, 1.82) is 0 Å². The first-order valence-electron chi connectivity index (χ1n) is 10.1. The Hall–Kier alpha value is -2.64. The highest BCUT2D eigenvalue weighted by Crippen LogP contribution is 2.45. The largest absolute Gasteiger partial charge is 0.467 e. The molecule has 1 N–H and O–H groups in total. The summed E-state index contributed by atoms with van der Waals surface area (Å²) < 4.78 is 11.2. The summed E-state index contributed by atoms with van der Waals surface area (Å²) in [6, 6.07) is 1.87. The summed E-state index contributed by atoms with van der Waals surface area (Å²) in [5.74, 6) is -0.606. The summed E-state index contributed by atoms with van der Waals surface area (Å²) in [5, 5.41) is 13.5. The number of aromatic amines is 1. The van der Waals surface area contributed by atoms with Crippen molar-refractivity contribution in [3.63, 3.8) is 0 Å². The van der Waals surface area contributed by atoms with E-state index in [1.54, 1.807) is 6.92 Å². The number of aromatic nitrogens is 1. The molecule has 1 heterocycles. The number of ether oxygens (including phenoxy) is 2. The van der Waals surface area contributed by atoms with Crippen LogP contribution in [0.25, 0.3) is 16.5 Å². The van der Waals surface area contributed by atoms with Crippen LogP contribution < -0.4 is 0 Å². The predicted molar refractivity (Wildman–Crippen MR) is 121 cm³/mol. The zero-order valence-corrected chi connectivity index (χ0v) is 19.3. The summed E-state index contributed by atoms with van der Waals surface area (Å²) in [6.07, 6.45) is 3.90. The molecule has 8 heteroatoms. The molecule has 1 aliphatic carbocycles. The SMILES string of the molecule is COC(=O)[C@@H](OC(C)(C)C)c1c(C)c([N+](=O)[O-])c2[nH]c(C)cc2c1C1=CC=C(Cl)CC1. The van der Waals surface area contributed by atoms with E-state index in [0.717, 1.165) is 21.9 Å². The van der Waals surface area contributed by atoms with Gasteiger partial charge in [-0.1, -0.05) is 17.7 Å². The van der Waals surface area contributed by atoms with Crippen LogP contribution in [0.15, 0.2) is 23.3 Å².